The van der Waals surface area contributed by atoms with Gasteiger partial charge in [-0.2, -0.15) is 0 Å². The molecule has 1 aliphatic heterocycles. The topological polar surface area (TPSA) is 38.0 Å². The van der Waals surface area contributed by atoms with Crippen LogP contribution in [0, 0.1) is 17.2 Å². The minimum atomic E-state index is -1.12. The standard InChI is InChI=1S/C22H28Cl2F2N2/c1-12-19(14-6-5-7-16(24)20(14)26)22(27,18(28-12)11-21(2,3)4)15-9-8-13(23)10-17(15)25/h7-10,12,18-19,28H,5-6,11,27H2,1-4H3. The molecular weight excluding hydrogens is 401 g/mol. The number of nitrogens with two attached hydrogens (primary N) is 1. The van der Waals surface area contributed by atoms with Gasteiger partial charge in [0.25, 0.3) is 0 Å². The molecule has 0 radical (unpaired) electrons. The van der Waals surface area contributed by atoms with Crippen LogP contribution in [0.3, 0.4) is 0 Å². The molecule has 1 heterocycles. The van der Waals surface area contributed by atoms with Gasteiger partial charge in [0.2, 0.25) is 0 Å². The van der Waals surface area contributed by atoms with Crippen molar-refractivity contribution < 1.29 is 8.78 Å². The van der Waals surface area contributed by atoms with Crippen molar-refractivity contribution in [1.29, 1.82) is 0 Å². The molecule has 1 saturated heterocycles. The lowest BCUT2D eigenvalue weighted by Gasteiger charge is -2.41. The van der Waals surface area contributed by atoms with E-state index in [1.165, 1.54) is 6.07 Å². The zero-order chi connectivity index (χ0) is 20.9. The van der Waals surface area contributed by atoms with Crippen LogP contribution in [0.5, 0.6) is 0 Å². The van der Waals surface area contributed by atoms with Crippen molar-refractivity contribution in [2.75, 3.05) is 0 Å². The molecule has 3 N–H and O–H groups in total. The SMILES string of the molecule is CC1NC(CC(C)(C)C)C(N)(c2ccc(Cl)cc2F)C1C1=C(F)C(Cl)=CCC1. The smallest absolute Gasteiger partial charge is 0.141 e. The first-order chi connectivity index (χ1) is 12.9. The number of rotatable bonds is 3. The third-order valence-electron chi connectivity index (χ3n) is 5.87. The second-order valence-electron chi connectivity index (χ2n) is 9.24. The summed E-state index contributed by atoms with van der Waals surface area (Å²) in [6.07, 6.45) is 3.56. The van der Waals surface area contributed by atoms with E-state index in [4.69, 9.17) is 28.9 Å². The molecule has 0 saturated carbocycles. The average molecular weight is 429 g/mol. The molecule has 3 rings (SSSR count). The van der Waals surface area contributed by atoms with Crippen molar-refractivity contribution in [1.82, 2.24) is 5.32 Å². The maximum atomic E-state index is 15.1. The monoisotopic (exact) mass is 428 g/mol. The molecule has 0 amide bonds. The lowest BCUT2D eigenvalue weighted by atomic mass is 9.67. The lowest BCUT2D eigenvalue weighted by Crippen LogP contribution is -2.53. The quantitative estimate of drug-likeness (QED) is 0.602. The van der Waals surface area contributed by atoms with Crippen LogP contribution in [0.4, 0.5) is 8.78 Å². The first kappa shape index (κ1) is 21.8. The maximum Gasteiger partial charge on any atom is 0.141 e. The normalized spacial score (nSPS) is 31.3. The summed E-state index contributed by atoms with van der Waals surface area (Å²) in [5.41, 5.74) is 6.81. The van der Waals surface area contributed by atoms with Crippen molar-refractivity contribution in [2.24, 2.45) is 17.1 Å². The Bertz CT molecular complexity index is 828. The van der Waals surface area contributed by atoms with Crippen molar-refractivity contribution in [3.05, 3.63) is 57.1 Å². The summed E-state index contributed by atoms with van der Waals surface area (Å²) in [5.74, 6) is -1.31. The van der Waals surface area contributed by atoms with Gasteiger partial charge in [-0.15, -0.1) is 0 Å². The minimum absolute atomic E-state index is 0.0448. The van der Waals surface area contributed by atoms with E-state index in [1.54, 1.807) is 18.2 Å². The van der Waals surface area contributed by atoms with E-state index < -0.39 is 23.1 Å². The van der Waals surface area contributed by atoms with Crippen LogP contribution in [-0.2, 0) is 5.54 Å². The molecule has 0 bridgehead atoms. The van der Waals surface area contributed by atoms with E-state index in [2.05, 4.69) is 26.1 Å². The Morgan fingerprint density at radius 3 is 2.54 bits per heavy atom. The van der Waals surface area contributed by atoms with Gasteiger partial charge < -0.3 is 11.1 Å². The van der Waals surface area contributed by atoms with E-state index in [1.807, 2.05) is 6.92 Å². The summed E-state index contributed by atoms with van der Waals surface area (Å²) in [7, 11) is 0. The Kier molecular flexibility index (Phi) is 6.00. The summed E-state index contributed by atoms with van der Waals surface area (Å²) in [6, 6.07) is 4.20. The van der Waals surface area contributed by atoms with Gasteiger partial charge in [0.05, 0.1) is 10.6 Å². The number of allylic oxidation sites excluding steroid dienone is 3. The van der Waals surface area contributed by atoms with Crippen LogP contribution in [-0.4, -0.2) is 12.1 Å². The van der Waals surface area contributed by atoms with Crippen LogP contribution in [0.25, 0.3) is 0 Å². The van der Waals surface area contributed by atoms with Gasteiger partial charge in [0.1, 0.15) is 11.6 Å². The van der Waals surface area contributed by atoms with Crippen LogP contribution < -0.4 is 11.1 Å². The van der Waals surface area contributed by atoms with Crippen molar-refractivity contribution in [3.8, 4) is 0 Å². The molecule has 1 aliphatic carbocycles. The molecule has 4 atom stereocenters. The summed E-state index contributed by atoms with van der Waals surface area (Å²) < 4.78 is 30.1. The molecule has 0 aromatic heterocycles. The number of hydrogen-bond donors (Lipinski definition) is 2. The van der Waals surface area contributed by atoms with Crippen LogP contribution >= 0.6 is 23.2 Å². The summed E-state index contributed by atoms with van der Waals surface area (Å²) in [4.78, 5) is 0. The predicted octanol–water partition coefficient (Wildman–Crippen LogP) is 6.19. The molecule has 1 aromatic carbocycles. The van der Waals surface area contributed by atoms with Crippen molar-refractivity contribution in [2.45, 2.75) is 64.6 Å². The second kappa shape index (κ2) is 7.71. The zero-order valence-electron chi connectivity index (χ0n) is 16.8. The zero-order valence-corrected chi connectivity index (χ0v) is 18.3. The first-order valence-corrected chi connectivity index (χ1v) is 10.5. The average Bonchev–Trinajstić information content (AvgIpc) is 2.79. The van der Waals surface area contributed by atoms with E-state index in [0.29, 0.717) is 35.4 Å². The Balaban J connectivity index is 2.19. The Morgan fingerprint density at radius 1 is 1.25 bits per heavy atom. The molecule has 154 valence electrons. The summed E-state index contributed by atoms with van der Waals surface area (Å²) in [6.45, 7) is 8.33. The Morgan fingerprint density at radius 2 is 1.93 bits per heavy atom. The molecule has 0 spiro atoms. The minimum Gasteiger partial charge on any atom is -0.319 e. The van der Waals surface area contributed by atoms with Crippen LogP contribution in [0.2, 0.25) is 5.02 Å². The molecule has 1 fully saturated rings. The number of halogens is 4. The second-order valence-corrected chi connectivity index (χ2v) is 10.1. The molecule has 1 aromatic rings. The van der Waals surface area contributed by atoms with Gasteiger partial charge in [0, 0.05) is 28.6 Å². The van der Waals surface area contributed by atoms with Gasteiger partial charge in [-0.25, -0.2) is 8.78 Å². The largest absolute Gasteiger partial charge is 0.319 e. The van der Waals surface area contributed by atoms with E-state index >= 15 is 8.78 Å². The maximum absolute atomic E-state index is 15.1. The molecule has 4 unspecified atom stereocenters. The molecule has 28 heavy (non-hydrogen) atoms. The van der Waals surface area contributed by atoms with Crippen molar-refractivity contribution in [3.63, 3.8) is 0 Å². The summed E-state index contributed by atoms with van der Waals surface area (Å²) >= 11 is 12.1. The highest BCUT2D eigenvalue weighted by atomic mass is 35.5. The van der Waals surface area contributed by atoms with Crippen LogP contribution in [0.15, 0.2) is 40.7 Å². The van der Waals surface area contributed by atoms with E-state index in [-0.39, 0.29) is 22.5 Å². The van der Waals surface area contributed by atoms with Gasteiger partial charge in [-0.3, -0.25) is 0 Å². The highest BCUT2D eigenvalue weighted by Crippen LogP contribution is 2.50. The first-order valence-electron chi connectivity index (χ1n) is 9.70. The van der Waals surface area contributed by atoms with Gasteiger partial charge >= 0.3 is 0 Å². The van der Waals surface area contributed by atoms with Gasteiger partial charge in [-0.1, -0.05) is 56.1 Å². The van der Waals surface area contributed by atoms with Gasteiger partial charge in [-0.05, 0) is 49.3 Å². The molecule has 6 heteroatoms. The van der Waals surface area contributed by atoms with Gasteiger partial charge in [0.15, 0.2) is 0 Å². The fourth-order valence-corrected chi connectivity index (χ4v) is 5.20. The summed E-state index contributed by atoms with van der Waals surface area (Å²) in [5, 5.41) is 3.96. The third kappa shape index (κ3) is 3.89. The fourth-order valence-electron chi connectivity index (χ4n) is 4.81. The van der Waals surface area contributed by atoms with E-state index in [0.717, 1.165) is 0 Å². The van der Waals surface area contributed by atoms with Crippen LogP contribution in [0.1, 0.15) is 52.5 Å². The predicted molar refractivity (Wildman–Crippen MR) is 113 cm³/mol. The highest BCUT2D eigenvalue weighted by Gasteiger charge is 2.55. The number of nitrogens with one attached hydrogen (secondary N) is 1. The Hall–Kier alpha value is -0.940. The third-order valence-corrected chi connectivity index (χ3v) is 6.43. The highest BCUT2D eigenvalue weighted by molar-refractivity contribution is 6.31. The molecular formula is C22H28Cl2F2N2. The molecule has 2 aliphatic rings. The lowest BCUT2D eigenvalue weighted by molar-refractivity contribution is 0.232. The Labute approximate surface area is 176 Å². The number of benzene rings is 1. The molecule has 2 nitrogen and oxygen atoms in total. The van der Waals surface area contributed by atoms with Crippen molar-refractivity contribution >= 4 is 23.2 Å². The van der Waals surface area contributed by atoms with E-state index in [9.17, 15) is 0 Å². The fraction of sp³-hybridized carbons (Fsp3) is 0.545. The number of hydrogen-bond acceptors (Lipinski definition) is 2.